The highest BCUT2D eigenvalue weighted by molar-refractivity contribution is 7.99. The Morgan fingerprint density at radius 3 is 2.93 bits per heavy atom. The van der Waals surface area contributed by atoms with E-state index in [1.54, 1.807) is 18.5 Å². The van der Waals surface area contributed by atoms with Crippen LogP contribution in [0.4, 0.5) is 4.79 Å². The Morgan fingerprint density at radius 2 is 2.19 bits per heavy atom. The third kappa shape index (κ3) is 3.34. The number of nitrogens with one attached hydrogen (secondary N) is 2. The fourth-order valence-electron chi connectivity index (χ4n) is 3.38. The molecule has 3 heterocycles. The molecule has 142 valence electrons. The molecule has 0 unspecified atom stereocenters. The van der Waals surface area contributed by atoms with Crippen LogP contribution in [0.3, 0.4) is 0 Å². The molecule has 10 nitrogen and oxygen atoms in total. The van der Waals surface area contributed by atoms with E-state index in [1.807, 2.05) is 0 Å². The molecule has 4 amide bonds. The Morgan fingerprint density at radius 1 is 1.41 bits per heavy atom. The molecule has 2 N–H and O–H groups in total. The van der Waals surface area contributed by atoms with Crippen LogP contribution in [-0.4, -0.2) is 53.7 Å². The number of nitrogens with zero attached hydrogens (tertiary/aromatic N) is 5. The second-order valence-corrected chi connectivity index (χ2v) is 7.86. The average Bonchev–Trinajstić information content (AvgIpc) is 3.17. The first-order valence-electron chi connectivity index (χ1n) is 8.73. The molecule has 2 aromatic rings. The summed E-state index contributed by atoms with van der Waals surface area (Å²) in [6.45, 7) is 2.13. The average molecular weight is 389 g/mol. The van der Waals surface area contributed by atoms with Gasteiger partial charge in [0.2, 0.25) is 11.1 Å². The molecule has 0 bridgehead atoms. The minimum absolute atomic E-state index is 0.0298. The number of rotatable bonds is 4. The fraction of sp³-hybridized carbons (Fsp3) is 0.500. The second-order valence-electron chi connectivity index (χ2n) is 6.92. The fourth-order valence-corrected chi connectivity index (χ4v) is 3.99. The predicted octanol–water partition coefficient (Wildman–Crippen LogP) is 0.748. The molecule has 1 saturated carbocycles. The first-order chi connectivity index (χ1) is 13.0. The largest absolute Gasteiger partial charge is 0.344 e. The third-order valence-electron chi connectivity index (χ3n) is 4.96. The second kappa shape index (κ2) is 6.80. The molecule has 1 aliphatic heterocycles. The van der Waals surface area contributed by atoms with Crippen LogP contribution in [0.15, 0.2) is 23.6 Å². The third-order valence-corrected chi connectivity index (χ3v) is 5.79. The van der Waals surface area contributed by atoms with Crippen LogP contribution in [-0.2, 0) is 9.59 Å². The maximum Gasteiger partial charge on any atom is 0.344 e. The van der Waals surface area contributed by atoms with Gasteiger partial charge in [-0.3, -0.25) is 15.0 Å². The number of hydrogen-bond acceptors (Lipinski definition) is 7. The van der Waals surface area contributed by atoms with E-state index in [-0.39, 0.29) is 11.7 Å². The van der Waals surface area contributed by atoms with Crippen molar-refractivity contribution in [3.8, 4) is 0 Å². The number of fused-ring (bicyclic) bond motifs is 1. The van der Waals surface area contributed by atoms with Gasteiger partial charge in [-0.25, -0.2) is 14.3 Å². The van der Waals surface area contributed by atoms with Gasteiger partial charge < -0.3 is 5.32 Å². The zero-order chi connectivity index (χ0) is 19.0. The Labute approximate surface area is 159 Å². The smallest absolute Gasteiger partial charge is 0.322 e. The molecular formula is C16H19N7O3S. The zero-order valence-corrected chi connectivity index (χ0v) is 15.5. The topological polar surface area (TPSA) is 122 Å². The molecule has 2 aromatic heterocycles. The summed E-state index contributed by atoms with van der Waals surface area (Å²) >= 11 is 1.10. The van der Waals surface area contributed by atoms with Crippen molar-refractivity contribution >= 4 is 35.4 Å². The van der Waals surface area contributed by atoms with Gasteiger partial charge in [0.25, 0.3) is 11.7 Å². The van der Waals surface area contributed by atoms with Gasteiger partial charge in [-0.2, -0.15) is 9.99 Å². The number of amides is 4. The number of urea groups is 1. The number of hydrazine groups is 1. The van der Waals surface area contributed by atoms with Crippen molar-refractivity contribution in [2.24, 2.45) is 5.92 Å². The van der Waals surface area contributed by atoms with E-state index in [9.17, 15) is 14.4 Å². The van der Waals surface area contributed by atoms with E-state index in [4.69, 9.17) is 0 Å². The van der Waals surface area contributed by atoms with Crippen LogP contribution >= 0.6 is 11.8 Å². The summed E-state index contributed by atoms with van der Waals surface area (Å²) in [5.41, 5.74) is 1.52. The minimum atomic E-state index is -0.876. The lowest BCUT2D eigenvalue weighted by molar-refractivity contribution is -0.139. The standard InChI is InChI=1S/C16H19N7O3S/c1-10-3-5-16(6-4-10)12(25)23(15(26)19-16)20-11(24)9-27-14-18-13-17-7-2-8-22(13)21-14/h2,7-8,10H,3-6,9H2,1H3,(H,19,26)(H,20,24). The van der Waals surface area contributed by atoms with E-state index in [0.717, 1.165) is 29.6 Å². The van der Waals surface area contributed by atoms with Crippen molar-refractivity contribution in [3.05, 3.63) is 18.5 Å². The molecule has 27 heavy (non-hydrogen) atoms. The summed E-state index contributed by atoms with van der Waals surface area (Å²) in [7, 11) is 0. The molecule has 0 radical (unpaired) electrons. The Hall–Kier alpha value is -2.69. The number of hydrogen-bond donors (Lipinski definition) is 2. The van der Waals surface area contributed by atoms with Crippen molar-refractivity contribution < 1.29 is 14.4 Å². The summed E-state index contributed by atoms with van der Waals surface area (Å²) in [6, 6.07) is 1.14. The van der Waals surface area contributed by atoms with Crippen molar-refractivity contribution in [1.29, 1.82) is 0 Å². The highest BCUT2D eigenvalue weighted by atomic mass is 32.2. The van der Waals surface area contributed by atoms with Gasteiger partial charge in [0.1, 0.15) is 5.54 Å². The van der Waals surface area contributed by atoms with E-state index >= 15 is 0 Å². The maximum atomic E-state index is 12.7. The number of thioether (sulfide) groups is 1. The SMILES string of the molecule is CC1CCC2(CC1)NC(=O)N(NC(=O)CSc1nc3ncccn3n1)C2=O. The molecule has 11 heteroatoms. The number of carbonyl (C=O) groups excluding carboxylic acids is 3. The molecule has 2 aliphatic rings. The lowest BCUT2D eigenvalue weighted by Gasteiger charge is -2.33. The van der Waals surface area contributed by atoms with Crippen LogP contribution in [0.5, 0.6) is 0 Å². The first kappa shape index (κ1) is 17.7. The number of imide groups is 1. The summed E-state index contributed by atoms with van der Waals surface area (Å²) < 4.78 is 1.51. The monoisotopic (exact) mass is 389 g/mol. The molecule has 1 aliphatic carbocycles. The van der Waals surface area contributed by atoms with Gasteiger partial charge in [0.05, 0.1) is 5.75 Å². The Balaban J connectivity index is 1.36. The van der Waals surface area contributed by atoms with E-state index in [1.165, 1.54) is 4.52 Å². The van der Waals surface area contributed by atoms with Crippen molar-refractivity contribution in [1.82, 2.24) is 35.3 Å². The Kier molecular flexibility index (Phi) is 4.46. The van der Waals surface area contributed by atoms with Gasteiger partial charge in [-0.05, 0) is 37.7 Å². The highest BCUT2D eigenvalue weighted by Crippen LogP contribution is 2.35. The predicted molar refractivity (Wildman–Crippen MR) is 95.4 cm³/mol. The summed E-state index contributed by atoms with van der Waals surface area (Å²) in [5.74, 6) is 0.0814. The van der Waals surface area contributed by atoms with Crippen LogP contribution < -0.4 is 10.7 Å². The summed E-state index contributed by atoms with van der Waals surface area (Å²) in [4.78, 5) is 45.4. The lowest BCUT2D eigenvalue weighted by Crippen LogP contribution is -2.51. The van der Waals surface area contributed by atoms with Crippen LogP contribution in [0.1, 0.15) is 32.6 Å². The minimum Gasteiger partial charge on any atom is -0.322 e. The van der Waals surface area contributed by atoms with Crippen LogP contribution in [0, 0.1) is 5.92 Å². The van der Waals surface area contributed by atoms with E-state index in [2.05, 4.69) is 32.7 Å². The molecule has 4 rings (SSSR count). The highest BCUT2D eigenvalue weighted by Gasteiger charge is 2.52. The van der Waals surface area contributed by atoms with Crippen LogP contribution in [0.2, 0.25) is 0 Å². The molecule has 0 aromatic carbocycles. The Bertz CT molecular complexity index is 873. The lowest BCUT2D eigenvalue weighted by atomic mass is 9.77. The van der Waals surface area contributed by atoms with Crippen LogP contribution in [0.25, 0.3) is 5.78 Å². The zero-order valence-electron chi connectivity index (χ0n) is 14.7. The summed E-state index contributed by atoms with van der Waals surface area (Å²) in [5, 5.41) is 8.15. The van der Waals surface area contributed by atoms with Crippen molar-refractivity contribution in [2.75, 3.05) is 5.75 Å². The molecule has 0 atom stereocenters. The van der Waals surface area contributed by atoms with Gasteiger partial charge in [-0.15, -0.1) is 5.10 Å². The van der Waals surface area contributed by atoms with Crippen molar-refractivity contribution in [3.63, 3.8) is 0 Å². The van der Waals surface area contributed by atoms with E-state index < -0.39 is 17.5 Å². The van der Waals surface area contributed by atoms with Gasteiger partial charge in [0.15, 0.2) is 0 Å². The van der Waals surface area contributed by atoms with Crippen molar-refractivity contribution in [2.45, 2.75) is 43.3 Å². The van der Waals surface area contributed by atoms with Gasteiger partial charge in [-0.1, -0.05) is 18.7 Å². The van der Waals surface area contributed by atoms with Gasteiger partial charge >= 0.3 is 6.03 Å². The van der Waals surface area contributed by atoms with E-state index in [0.29, 0.717) is 29.7 Å². The first-order valence-corrected chi connectivity index (χ1v) is 9.72. The molecular weight excluding hydrogens is 370 g/mol. The van der Waals surface area contributed by atoms with Gasteiger partial charge in [0, 0.05) is 12.4 Å². The molecule has 2 fully saturated rings. The molecule has 1 saturated heterocycles. The number of carbonyl (C=O) groups is 3. The summed E-state index contributed by atoms with van der Waals surface area (Å²) in [6.07, 6.45) is 6.24. The molecule has 1 spiro atoms. The maximum absolute atomic E-state index is 12.7. The number of aromatic nitrogens is 4. The quantitative estimate of drug-likeness (QED) is 0.584. The normalized spacial score (nSPS) is 25.2.